The van der Waals surface area contributed by atoms with Gasteiger partial charge in [0.2, 0.25) is 0 Å². The maximum Gasteiger partial charge on any atom is 0.132 e. The molecule has 2 rings (SSSR count). The number of hydrogen-bond acceptors (Lipinski definition) is 2. The maximum atomic E-state index is 14.4. The van der Waals surface area contributed by atoms with Crippen molar-refractivity contribution in [2.24, 2.45) is 0 Å². The molecule has 0 heterocycles. The summed E-state index contributed by atoms with van der Waals surface area (Å²) in [5.41, 5.74) is 2.82. The smallest absolute Gasteiger partial charge is 0.132 e. The summed E-state index contributed by atoms with van der Waals surface area (Å²) in [5.74, 6) is 0.265. The van der Waals surface area contributed by atoms with Crippen LogP contribution in [0.5, 0.6) is 5.75 Å². The minimum atomic E-state index is -0.261. The third kappa shape index (κ3) is 3.63. The number of ether oxygens (including phenoxy) is 1. The van der Waals surface area contributed by atoms with Crippen LogP contribution in [0.25, 0.3) is 0 Å². The van der Waals surface area contributed by atoms with E-state index >= 15 is 0 Å². The first-order chi connectivity index (χ1) is 10.1. The summed E-state index contributed by atoms with van der Waals surface area (Å²) in [6.07, 6.45) is 0. The van der Waals surface area contributed by atoms with Gasteiger partial charge in [-0.2, -0.15) is 0 Å². The van der Waals surface area contributed by atoms with Crippen molar-refractivity contribution in [2.75, 3.05) is 13.7 Å². The molecule has 1 atom stereocenters. The van der Waals surface area contributed by atoms with Gasteiger partial charge in [0, 0.05) is 16.1 Å². The Morgan fingerprint density at radius 3 is 2.48 bits per heavy atom. The van der Waals surface area contributed by atoms with E-state index in [0.29, 0.717) is 11.3 Å². The van der Waals surface area contributed by atoms with Crippen LogP contribution in [0.2, 0.25) is 0 Å². The molecule has 0 saturated heterocycles. The molecule has 0 fully saturated rings. The Labute approximate surface area is 133 Å². The Morgan fingerprint density at radius 1 is 1.19 bits per heavy atom. The van der Waals surface area contributed by atoms with Crippen LogP contribution in [0.4, 0.5) is 4.39 Å². The van der Waals surface area contributed by atoms with Crippen molar-refractivity contribution < 1.29 is 9.13 Å². The number of rotatable bonds is 5. The summed E-state index contributed by atoms with van der Waals surface area (Å²) < 4.78 is 20.5. The number of aryl methyl sites for hydroxylation is 1. The standard InChI is InChI=1S/C17H19BrFNO/c1-4-20-17(14-7-5-12(18)9-11(14)2)15-8-6-13(21-3)10-16(15)19/h5-10,17,20H,4H2,1-3H3. The molecule has 21 heavy (non-hydrogen) atoms. The van der Waals surface area contributed by atoms with Gasteiger partial charge < -0.3 is 10.1 Å². The zero-order valence-corrected chi connectivity index (χ0v) is 14.0. The van der Waals surface area contributed by atoms with Crippen molar-refractivity contribution >= 4 is 15.9 Å². The minimum Gasteiger partial charge on any atom is -0.497 e. The number of methoxy groups -OCH3 is 1. The SMILES string of the molecule is CCNC(c1ccc(Br)cc1C)c1ccc(OC)cc1F. The first-order valence-electron chi connectivity index (χ1n) is 6.89. The van der Waals surface area contributed by atoms with Gasteiger partial charge in [-0.15, -0.1) is 0 Å². The average Bonchev–Trinajstić information content (AvgIpc) is 2.46. The third-order valence-electron chi connectivity index (χ3n) is 3.47. The highest BCUT2D eigenvalue weighted by Gasteiger charge is 2.19. The molecule has 4 heteroatoms. The Hall–Kier alpha value is -1.39. The lowest BCUT2D eigenvalue weighted by Crippen LogP contribution is -2.23. The van der Waals surface area contributed by atoms with E-state index in [1.54, 1.807) is 12.1 Å². The monoisotopic (exact) mass is 351 g/mol. The molecule has 0 aliphatic rings. The number of benzene rings is 2. The Morgan fingerprint density at radius 2 is 1.90 bits per heavy atom. The fourth-order valence-corrected chi connectivity index (χ4v) is 2.90. The second-order valence-corrected chi connectivity index (χ2v) is 5.79. The molecule has 0 amide bonds. The van der Waals surface area contributed by atoms with Gasteiger partial charge in [-0.1, -0.05) is 35.0 Å². The lowest BCUT2D eigenvalue weighted by atomic mass is 9.94. The van der Waals surface area contributed by atoms with Crippen LogP contribution in [-0.4, -0.2) is 13.7 Å². The quantitative estimate of drug-likeness (QED) is 0.849. The first-order valence-corrected chi connectivity index (χ1v) is 7.69. The molecule has 1 unspecified atom stereocenters. The second-order valence-electron chi connectivity index (χ2n) is 4.88. The van der Waals surface area contributed by atoms with Gasteiger partial charge in [0.25, 0.3) is 0 Å². The van der Waals surface area contributed by atoms with Crippen LogP contribution in [0.3, 0.4) is 0 Å². The van der Waals surface area contributed by atoms with Gasteiger partial charge in [0.05, 0.1) is 13.2 Å². The van der Waals surface area contributed by atoms with E-state index in [9.17, 15) is 4.39 Å². The van der Waals surface area contributed by atoms with Crippen LogP contribution in [0.15, 0.2) is 40.9 Å². The van der Waals surface area contributed by atoms with Crippen LogP contribution in [0.1, 0.15) is 29.7 Å². The largest absolute Gasteiger partial charge is 0.497 e. The summed E-state index contributed by atoms with van der Waals surface area (Å²) >= 11 is 3.46. The molecule has 0 aromatic heterocycles. The zero-order chi connectivity index (χ0) is 15.4. The van der Waals surface area contributed by atoms with Crippen molar-refractivity contribution in [1.29, 1.82) is 0 Å². The van der Waals surface area contributed by atoms with Crippen molar-refractivity contribution in [2.45, 2.75) is 19.9 Å². The highest BCUT2D eigenvalue weighted by molar-refractivity contribution is 9.10. The molecule has 0 saturated carbocycles. The molecule has 0 bridgehead atoms. The summed E-state index contributed by atoms with van der Waals surface area (Å²) in [7, 11) is 1.54. The molecule has 0 radical (unpaired) electrons. The summed E-state index contributed by atoms with van der Waals surface area (Å²) in [6.45, 7) is 4.81. The molecule has 0 aliphatic heterocycles. The van der Waals surface area contributed by atoms with E-state index < -0.39 is 0 Å². The molecule has 2 aromatic carbocycles. The van der Waals surface area contributed by atoms with Crippen LogP contribution < -0.4 is 10.1 Å². The number of nitrogens with one attached hydrogen (secondary N) is 1. The van der Waals surface area contributed by atoms with Gasteiger partial charge in [0.1, 0.15) is 11.6 Å². The predicted octanol–water partition coefficient (Wildman–Crippen LogP) is 4.60. The lowest BCUT2D eigenvalue weighted by molar-refractivity contribution is 0.410. The third-order valence-corrected chi connectivity index (χ3v) is 3.96. The van der Waals surface area contributed by atoms with E-state index in [1.165, 1.54) is 13.2 Å². The van der Waals surface area contributed by atoms with Gasteiger partial charge in [-0.05, 0) is 42.8 Å². The first kappa shape index (κ1) is 16.0. The predicted molar refractivity (Wildman–Crippen MR) is 87.4 cm³/mol. The average molecular weight is 352 g/mol. The Balaban J connectivity index is 2.48. The Kier molecular flexibility index (Phi) is 5.37. The van der Waals surface area contributed by atoms with E-state index in [2.05, 4.69) is 21.2 Å². The molecule has 0 aliphatic carbocycles. The molecule has 2 aromatic rings. The topological polar surface area (TPSA) is 21.3 Å². The second kappa shape index (κ2) is 7.05. The zero-order valence-electron chi connectivity index (χ0n) is 12.4. The summed E-state index contributed by atoms with van der Waals surface area (Å²) in [6, 6.07) is 10.9. The highest BCUT2D eigenvalue weighted by Crippen LogP contribution is 2.30. The normalized spacial score (nSPS) is 12.2. The number of hydrogen-bond donors (Lipinski definition) is 1. The number of halogens is 2. The van der Waals surface area contributed by atoms with Crippen LogP contribution >= 0.6 is 15.9 Å². The fraction of sp³-hybridized carbons (Fsp3) is 0.294. The maximum absolute atomic E-state index is 14.4. The van der Waals surface area contributed by atoms with E-state index in [0.717, 1.165) is 22.1 Å². The van der Waals surface area contributed by atoms with Gasteiger partial charge >= 0.3 is 0 Å². The summed E-state index contributed by atoms with van der Waals surface area (Å²) in [5, 5.41) is 3.36. The molecule has 1 N–H and O–H groups in total. The fourth-order valence-electron chi connectivity index (χ4n) is 2.42. The lowest BCUT2D eigenvalue weighted by Gasteiger charge is -2.22. The van der Waals surface area contributed by atoms with Crippen molar-refractivity contribution in [3.8, 4) is 5.75 Å². The van der Waals surface area contributed by atoms with E-state index in [4.69, 9.17) is 4.74 Å². The molecule has 2 nitrogen and oxygen atoms in total. The van der Waals surface area contributed by atoms with Gasteiger partial charge in [-0.3, -0.25) is 0 Å². The van der Waals surface area contributed by atoms with Crippen LogP contribution in [-0.2, 0) is 0 Å². The molecular weight excluding hydrogens is 333 g/mol. The van der Waals surface area contributed by atoms with Crippen LogP contribution in [0, 0.1) is 12.7 Å². The molecular formula is C17H19BrFNO. The Bertz CT molecular complexity index is 630. The van der Waals surface area contributed by atoms with E-state index in [-0.39, 0.29) is 11.9 Å². The molecule has 0 spiro atoms. The minimum absolute atomic E-state index is 0.172. The van der Waals surface area contributed by atoms with Crippen molar-refractivity contribution in [3.63, 3.8) is 0 Å². The highest BCUT2D eigenvalue weighted by atomic mass is 79.9. The summed E-state index contributed by atoms with van der Waals surface area (Å²) in [4.78, 5) is 0. The van der Waals surface area contributed by atoms with E-state index in [1.807, 2.05) is 32.0 Å². The van der Waals surface area contributed by atoms with Crippen molar-refractivity contribution in [1.82, 2.24) is 5.32 Å². The van der Waals surface area contributed by atoms with Gasteiger partial charge in [-0.25, -0.2) is 4.39 Å². The van der Waals surface area contributed by atoms with Gasteiger partial charge in [0.15, 0.2) is 0 Å². The van der Waals surface area contributed by atoms with Crippen molar-refractivity contribution in [3.05, 3.63) is 63.4 Å². The molecule has 112 valence electrons.